The number of carbonyl (C=O) groups excluding carboxylic acids is 2. The van der Waals surface area contributed by atoms with Crippen LogP contribution in [0.15, 0.2) is 90.0 Å². The van der Waals surface area contributed by atoms with E-state index in [0.717, 1.165) is 11.3 Å². The third-order valence-electron chi connectivity index (χ3n) is 4.27. The van der Waals surface area contributed by atoms with Gasteiger partial charge in [0.05, 0.1) is 11.5 Å². The molecular formula is C24H23N3O2S. The van der Waals surface area contributed by atoms with Gasteiger partial charge in [-0.2, -0.15) is 5.10 Å². The van der Waals surface area contributed by atoms with Crippen LogP contribution in [-0.2, 0) is 10.5 Å². The fourth-order valence-electron chi connectivity index (χ4n) is 2.69. The number of hydrogen-bond donors (Lipinski definition) is 2. The summed E-state index contributed by atoms with van der Waals surface area (Å²) < 4.78 is 0. The highest BCUT2D eigenvalue weighted by molar-refractivity contribution is 7.99. The number of rotatable bonds is 8. The Bertz CT molecular complexity index is 1020. The van der Waals surface area contributed by atoms with Gasteiger partial charge in [0.2, 0.25) is 5.91 Å². The molecule has 0 heterocycles. The summed E-state index contributed by atoms with van der Waals surface area (Å²) in [6, 6.07) is 26.4. The van der Waals surface area contributed by atoms with Crippen molar-refractivity contribution in [1.82, 2.24) is 5.43 Å². The van der Waals surface area contributed by atoms with Crippen molar-refractivity contribution in [2.75, 3.05) is 11.1 Å². The first-order valence-electron chi connectivity index (χ1n) is 9.53. The van der Waals surface area contributed by atoms with Crippen LogP contribution in [0.3, 0.4) is 0 Å². The number of anilines is 1. The molecule has 0 spiro atoms. The summed E-state index contributed by atoms with van der Waals surface area (Å²) in [6.07, 6.45) is 0. The van der Waals surface area contributed by atoms with Crippen molar-refractivity contribution in [1.29, 1.82) is 0 Å². The van der Waals surface area contributed by atoms with E-state index in [1.807, 2.05) is 79.7 Å². The third kappa shape index (κ3) is 6.60. The van der Waals surface area contributed by atoms with Gasteiger partial charge in [-0.1, -0.05) is 60.7 Å². The van der Waals surface area contributed by atoms with Crippen molar-refractivity contribution in [3.63, 3.8) is 0 Å². The molecule has 0 aromatic heterocycles. The van der Waals surface area contributed by atoms with E-state index in [-0.39, 0.29) is 11.8 Å². The minimum Gasteiger partial charge on any atom is -0.322 e. The highest BCUT2D eigenvalue weighted by Crippen LogP contribution is 2.14. The van der Waals surface area contributed by atoms with Gasteiger partial charge in [0.1, 0.15) is 0 Å². The van der Waals surface area contributed by atoms with E-state index in [1.165, 1.54) is 5.56 Å². The number of thioether (sulfide) groups is 1. The Morgan fingerprint density at radius 3 is 2.27 bits per heavy atom. The smallest absolute Gasteiger partial charge is 0.255 e. The van der Waals surface area contributed by atoms with Crippen molar-refractivity contribution >= 4 is 35.0 Å². The van der Waals surface area contributed by atoms with Gasteiger partial charge in [0, 0.05) is 17.0 Å². The number of nitrogens with one attached hydrogen (secondary N) is 2. The summed E-state index contributed by atoms with van der Waals surface area (Å²) in [7, 11) is 0. The molecule has 152 valence electrons. The molecule has 0 bridgehead atoms. The highest BCUT2D eigenvalue weighted by Gasteiger charge is 2.07. The summed E-state index contributed by atoms with van der Waals surface area (Å²) in [5, 5.41) is 7.07. The van der Waals surface area contributed by atoms with E-state index in [2.05, 4.69) is 15.8 Å². The molecule has 0 unspecified atom stereocenters. The van der Waals surface area contributed by atoms with Gasteiger partial charge in [-0.05, 0) is 42.3 Å². The molecule has 5 nitrogen and oxygen atoms in total. The molecule has 3 aromatic rings. The SMILES string of the molecule is C/C(=N/NC(=O)CSCc1ccccc1)c1cccc(NC(=O)c2ccccc2)c1. The topological polar surface area (TPSA) is 70.6 Å². The fraction of sp³-hybridized carbons (Fsp3) is 0.125. The van der Waals surface area contributed by atoms with Gasteiger partial charge in [-0.15, -0.1) is 11.8 Å². The van der Waals surface area contributed by atoms with Gasteiger partial charge in [0.25, 0.3) is 5.91 Å². The molecule has 0 saturated carbocycles. The van der Waals surface area contributed by atoms with E-state index in [4.69, 9.17) is 0 Å². The lowest BCUT2D eigenvalue weighted by Gasteiger charge is -2.08. The Labute approximate surface area is 180 Å². The van der Waals surface area contributed by atoms with Gasteiger partial charge < -0.3 is 5.32 Å². The standard InChI is InChI=1S/C24H23N3O2S/c1-18(26-27-23(28)17-30-16-19-9-4-2-5-10-19)21-13-8-14-22(15-21)25-24(29)20-11-6-3-7-12-20/h2-15H,16-17H2,1H3,(H,25,29)(H,27,28)/b26-18-. The lowest BCUT2D eigenvalue weighted by Crippen LogP contribution is -2.21. The molecule has 3 aromatic carbocycles. The molecule has 0 fully saturated rings. The van der Waals surface area contributed by atoms with Crippen LogP contribution in [0.1, 0.15) is 28.4 Å². The summed E-state index contributed by atoms with van der Waals surface area (Å²) in [4.78, 5) is 24.4. The molecule has 0 aliphatic carbocycles. The molecule has 0 atom stereocenters. The number of carbonyl (C=O) groups is 2. The zero-order valence-corrected chi connectivity index (χ0v) is 17.5. The van der Waals surface area contributed by atoms with Crippen LogP contribution in [0, 0.1) is 0 Å². The van der Waals surface area contributed by atoms with Crippen LogP contribution >= 0.6 is 11.8 Å². The van der Waals surface area contributed by atoms with E-state index in [1.54, 1.807) is 23.9 Å². The molecular weight excluding hydrogens is 394 g/mol. The van der Waals surface area contributed by atoms with Crippen LogP contribution in [0.4, 0.5) is 5.69 Å². The Morgan fingerprint density at radius 2 is 1.53 bits per heavy atom. The van der Waals surface area contributed by atoms with Crippen molar-refractivity contribution in [3.05, 3.63) is 102 Å². The molecule has 30 heavy (non-hydrogen) atoms. The number of amides is 2. The van der Waals surface area contributed by atoms with Crippen LogP contribution < -0.4 is 10.7 Å². The molecule has 3 rings (SSSR count). The van der Waals surface area contributed by atoms with E-state index in [9.17, 15) is 9.59 Å². The minimum absolute atomic E-state index is 0.149. The predicted octanol–water partition coefficient (Wildman–Crippen LogP) is 4.71. The van der Waals surface area contributed by atoms with Crippen LogP contribution in [0.25, 0.3) is 0 Å². The average Bonchev–Trinajstić information content (AvgIpc) is 2.79. The van der Waals surface area contributed by atoms with Gasteiger partial charge >= 0.3 is 0 Å². The second kappa shape index (κ2) is 11.0. The molecule has 0 aliphatic heterocycles. The maximum absolute atomic E-state index is 12.3. The molecule has 0 aliphatic rings. The lowest BCUT2D eigenvalue weighted by atomic mass is 10.1. The average molecular weight is 418 g/mol. The predicted molar refractivity (Wildman–Crippen MR) is 124 cm³/mol. The Kier molecular flexibility index (Phi) is 7.80. The lowest BCUT2D eigenvalue weighted by molar-refractivity contribution is -0.118. The van der Waals surface area contributed by atoms with Crippen molar-refractivity contribution in [3.8, 4) is 0 Å². The van der Waals surface area contributed by atoms with E-state index < -0.39 is 0 Å². The third-order valence-corrected chi connectivity index (χ3v) is 5.27. The van der Waals surface area contributed by atoms with Crippen LogP contribution in [-0.4, -0.2) is 23.3 Å². The molecule has 0 saturated heterocycles. The molecule has 2 amide bonds. The van der Waals surface area contributed by atoms with Gasteiger partial charge in [-0.25, -0.2) is 5.43 Å². The highest BCUT2D eigenvalue weighted by atomic mass is 32.2. The van der Waals surface area contributed by atoms with Crippen molar-refractivity contribution in [2.45, 2.75) is 12.7 Å². The number of nitrogens with zero attached hydrogens (tertiary/aromatic N) is 1. The normalized spacial score (nSPS) is 11.0. The number of benzene rings is 3. The van der Waals surface area contributed by atoms with E-state index in [0.29, 0.717) is 22.7 Å². The zero-order chi connectivity index (χ0) is 21.2. The summed E-state index contributed by atoms with van der Waals surface area (Å²) in [5.41, 5.74) is 6.51. The number of hydrazone groups is 1. The maximum Gasteiger partial charge on any atom is 0.255 e. The van der Waals surface area contributed by atoms with Gasteiger partial charge in [0.15, 0.2) is 0 Å². The Balaban J connectivity index is 1.52. The first-order valence-corrected chi connectivity index (χ1v) is 10.7. The Morgan fingerprint density at radius 1 is 0.867 bits per heavy atom. The largest absolute Gasteiger partial charge is 0.322 e. The number of hydrogen-bond acceptors (Lipinski definition) is 4. The second-order valence-corrected chi connectivity index (χ2v) is 7.60. The molecule has 0 radical (unpaired) electrons. The van der Waals surface area contributed by atoms with Gasteiger partial charge in [-0.3, -0.25) is 9.59 Å². The van der Waals surface area contributed by atoms with Crippen molar-refractivity contribution < 1.29 is 9.59 Å². The quantitative estimate of drug-likeness (QED) is 0.412. The van der Waals surface area contributed by atoms with E-state index >= 15 is 0 Å². The first kappa shape index (κ1) is 21.3. The zero-order valence-electron chi connectivity index (χ0n) is 16.7. The fourth-order valence-corrected chi connectivity index (χ4v) is 3.47. The summed E-state index contributed by atoms with van der Waals surface area (Å²) in [5.74, 6) is 0.786. The maximum atomic E-state index is 12.3. The molecule has 6 heteroatoms. The first-order chi connectivity index (χ1) is 14.6. The van der Waals surface area contributed by atoms with Crippen LogP contribution in [0.2, 0.25) is 0 Å². The summed E-state index contributed by atoms with van der Waals surface area (Å²) in [6.45, 7) is 1.82. The Hall–Kier alpha value is -3.38. The minimum atomic E-state index is -0.175. The summed E-state index contributed by atoms with van der Waals surface area (Å²) >= 11 is 1.54. The molecule has 2 N–H and O–H groups in total. The monoisotopic (exact) mass is 417 g/mol. The van der Waals surface area contributed by atoms with Crippen LogP contribution in [0.5, 0.6) is 0 Å². The van der Waals surface area contributed by atoms with Crippen molar-refractivity contribution in [2.24, 2.45) is 5.10 Å². The second-order valence-electron chi connectivity index (χ2n) is 6.61.